The van der Waals surface area contributed by atoms with Crippen molar-refractivity contribution in [3.05, 3.63) is 14.9 Å². The first-order valence-corrected chi connectivity index (χ1v) is 0.651. The Bertz CT molecular complexity index is 33.2. The topological polar surface area (TPSA) is 57.5 Å². The Balaban J connectivity index is -0.0000000150. The van der Waals surface area contributed by atoms with E-state index in [1.165, 1.54) is 0 Å². The Kier molecular flexibility index (Phi) is 66.0. The zero-order valence-corrected chi connectivity index (χ0v) is 5.92. The van der Waals surface area contributed by atoms with Gasteiger partial charge in [0.1, 0.15) is 0 Å². The molecule has 0 unspecified atom stereocenters. The van der Waals surface area contributed by atoms with Gasteiger partial charge in [0.05, 0.1) is 0 Å². The van der Waals surface area contributed by atoms with Gasteiger partial charge in [0.2, 0.25) is 0 Å². The first-order chi connectivity index (χ1) is 1.73. The van der Waals surface area contributed by atoms with Gasteiger partial charge in [0, 0.05) is 0 Å². The molecule has 0 fully saturated rings. The maximum atomic E-state index is 8.56. The zero-order valence-electron chi connectivity index (χ0n) is 4.51. The van der Waals surface area contributed by atoms with Crippen molar-refractivity contribution in [1.29, 1.82) is 0 Å². The van der Waals surface area contributed by atoms with Crippen LogP contribution in [0, 0.1) is 14.9 Å². The molecular weight excluding hydrogens is 108 g/mol. The van der Waals surface area contributed by atoms with Crippen molar-refractivity contribution in [2.24, 2.45) is 0 Å². The van der Waals surface area contributed by atoms with Crippen LogP contribution in [-0.4, -0.2) is 39.4 Å². The summed E-state index contributed by atoms with van der Waals surface area (Å²) in [7, 11) is 0. The second-order valence-corrected chi connectivity index (χ2v) is 0.283. The molecule has 0 aliphatic heterocycles. The molecular formula is C3H8MgO3. The largest absolute Gasteiger partial charge is 2.00 e. The average Bonchev–Trinajstić information content (AvgIpc) is 0.811. The van der Waals surface area contributed by atoms with E-state index in [1.54, 1.807) is 0 Å². The molecule has 0 rings (SSSR count). The van der Waals surface area contributed by atoms with E-state index in [0.717, 1.165) is 0 Å². The van der Waals surface area contributed by atoms with Crippen molar-refractivity contribution in [3.63, 3.8) is 0 Å². The molecule has 0 amide bonds. The van der Waals surface area contributed by atoms with Gasteiger partial charge in [-0.3, -0.25) is 0 Å². The molecule has 0 aliphatic carbocycles. The summed E-state index contributed by atoms with van der Waals surface area (Å²) in [5.41, 5.74) is 0. The predicted molar refractivity (Wildman–Crippen MR) is 29.2 cm³/mol. The van der Waals surface area contributed by atoms with E-state index in [1.807, 2.05) is 0 Å². The molecule has 0 atom stereocenters. The van der Waals surface area contributed by atoms with E-state index >= 15 is 0 Å². The summed E-state index contributed by atoms with van der Waals surface area (Å²) in [6, 6.07) is 0. The van der Waals surface area contributed by atoms with Gasteiger partial charge in [-0.25, -0.2) is 4.79 Å². The van der Waals surface area contributed by atoms with Crippen molar-refractivity contribution in [1.82, 2.24) is 0 Å². The molecule has 0 aromatic carbocycles. The van der Waals surface area contributed by atoms with Crippen molar-refractivity contribution < 1.29 is 15.0 Å². The second-order valence-electron chi connectivity index (χ2n) is 0.283. The first-order valence-electron chi connectivity index (χ1n) is 0.651. The zero-order chi connectivity index (χ0) is 3.58. The molecule has 3 nitrogen and oxygen atoms in total. The van der Waals surface area contributed by atoms with Crippen molar-refractivity contribution in [3.8, 4) is 0 Å². The minimum Gasteiger partial charge on any atom is -0.450 e. The summed E-state index contributed by atoms with van der Waals surface area (Å²) in [5, 5.41) is 13.9. The quantitative estimate of drug-likeness (QED) is 0.363. The molecule has 0 bridgehead atoms. The minimum absolute atomic E-state index is 0. The predicted octanol–water partition coefficient (Wildman–Crippen LogP) is 0.742. The first kappa shape index (κ1) is 27.8. The van der Waals surface area contributed by atoms with Gasteiger partial charge in [0.25, 0.3) is 0 Å². The average molecular weight is 116 g/mol. The number of carbonyl (C=O) groups is 1. The molecule has 0 radical (unpaired) electrons. The van der Waals surface area contributed by atoms with Gasteiger partial charge in [-0.1, -0.05) is 0 Å². The summed E-state index contributed by atoms with van der Waals surface area (Å²) in [6.45, 7) is 0. The molecule has 2 N–H and O–H groups in total. The van der Waals surface area contributed by atoms with E-state index in [-0.39, 0.29) is 37.9 Å². The van der Waals surface area contributed by atoms with Gasteiger partial charge in [-0.2, -0.15) is 0 Å². The number of hydrogen-bond donors (Lipinski definition) is 2. The Labute approximate surface area is 59.5 Å². The summed E-state index contributed by atoms with van der Waals surface area (Å²) < 4.78 is 0. The molecule has 0 saturated heterocycles. The summed E-state index contributed by atoms with van der Waals surface area (Å²) in [6.07, 6.45) is -1.83. The molecule has 0 aromatic rings. The van der Waals surface area contributed by atoms with Gasteiger partial charge < -0.3 is 25.1 Å². The molecule has 4 heteroatoms. The van der Waals surface area contributed by atoms with Crippen LogP contribution in [0.3, 0.4) is 0 Å². The molecule has 0 aromatic heterocycles. The number of rotatable bonds is 0. The normalized spacial score (nSPS) is 3.43. The third-order valence-corrected chi connectivity index (χ3v) is 0. The van der Waals surface area contributed by atoms with Crippen LogP contribution in [0.1, 0.15) is 0 Å². The standard InChI is InChI=1S/CH2O3.2CH3.Mg/c2-1(3)4;;;/h(H2,2,3,4);2*1H3;/q;2*-1;+2. The second kappa shape index (κ2) is 16.6. The number of carboxylic acid groups (broad SMARTS) is 2. The Hall–Kier alpha value is 0.0362. The third-order valence-electron chi connectivity index (χ3n) is 0. The fraction of sp³-hybridized carbons (Fsp3) is 0. The molecule has 0 aliphatic rings. The Morgan fingerprint density at radius 3 is 1.14 bits per heavy atom. The van der Waals surface area contributed by atoms with E-state index in [0.29, 0.717) is 0 Å². The van der Waals surface area contributed by atoms with Crippen LogP contribution in [0.2, 0.25) is 0 Å². The van der Waals surface area contributed by atoms with Gasteiger partial charge >= 0.3 is 29.2 Å². The molecule has 0 saturated carbocycles. The van der Waals surface area contributed by atoms with Crippen LogP contribution in [0.4, 0.5) is 4.79 Å². The van der Waals surface area contributed by atoms with Crippen LogP contribution in [0.5, 0.6) is 0 Å². The van der Waals surface area contributed by atoms with E-state index in [9.17, 15) is 0 Å². The van der Waals surface area contributed by atoms with Gasteiger partial charge in [-0.15, -0.1) is 0 Å². The van der Waals surface area contributed by atoms with Crippen LogP contribution in [0.15, 0.2) is 0 Å². The Morgan fingerprint density at radius 1 is 1.14 bits per heavy atom. The van der Waals surface area contributed by atoms with Crippen LogP contribution in [0.25, 0.3) is 0 Å². The fourth-order valence-corrected chi connectivity index (χ4v) is 0. The van der Waals surface area contributed by atoms with E-state index in [2.05, 4.69) is 0 Å². The summed E-state index contributed by atoms with van der Waals surface area (Å²) in [4.78, 5) is 8.56. The van der Waals surface area contributed by atoms with Crippen LogP contribution >= 0.6 is 0 Å². The Morgan fingerprint density at radius 2 is 1.14 bits per heavy atom. The molecule has 7 heavy (non-hydrogen) atoms. The molecule has 0 spiro atoms. The van der Waals surface area contributed by atoms with Gasteiger partial charge in [0.15, 0.2) is 0 Å². The maximum absolute atomic E-state index is 8.56. The van der Waals surface area contributed by atoms with Crippen LogP contribution in [-0.2, 0) is 0 Å². The van der Waals surface area contributed by atoms with E-state index < -0.39 is 6.16 Å². The maximum Gasteiger partial charge on any atom is 2.00 e. The summed E-state index contributed by atoms with van der Waals surface area (Å²) >= 11 is 0. The monoisotopic (exact) mass is 116 g/mol. The number of hydrogen-bond acceptors (Lipinski definition) is 1. The molecule has 40 valence electrons. The van der Waals surface area contributed by atoms with Crippen LogP contribution < -0.4 is 0 Å². The minimum atomic E-state index is -1.83. The van der Waals surface area contributed by atoms with Crippen molar-refractivity contribution >= 4 is 29.2 Å². The SMILES string of the molecule is O=C(O)O.[CH3-].[CH3-].[Mg+2]. The van der Waals surface area contributed by atoms with Crippen molar-refractivity contribution in [2.75, 3.05) is 0 Å². The third kappa shape index (κ3) is 74900. The fourth-order valence-electron chi connectivity index (χ4n) is 0. The van der Waals surface area contributed by atoms with Gasteiger partial charge in [-0.05, 0) is 0 Å². The van der Waals surface area contributed by atoms with E-state index in [4.69, 9.17) is 15.0 Å². The molecule has 0 heterocycles. The summed E-state index contributed by atoms with van der Waals surface area (Å²) in [5.74, 6) is 0. The van der Waals surface area contributed by atoms with Crippen molar-refractivity contribution in [2.45, 2.75) is 0 Å². The smallest absolute Gasteiger partial charge is 0.450 e.